The zero-order valence-corrected chi connectivity index (χ0v) is 10.5. The molecule has 4 nitrogen and oxygen atoms in total. The molecule has 0 bridgehead atoms. The van der Waals surface area contributed by atoms with Gasteiger partial charge in [0, 0.05) is 6.04 Å². The lowest BCUT2D eigenvalue weighted by molar-refractivity contribution is -0.141. The molecule has 0 aliphatic rings. The highest BCUT2D eigenvalue weighted by molar-refractivity contribution is 5.95. The number of carbonyl (C=O) groups is 2. The van der Waals surface area contributed by atoms with Crippen LogP contribution in [0.15, 0.2) is 6.07 Å². The summed E-state index contributed by atoms with van der Waals surface area (Å²) in [6.07, 6.45) is 0. The van der Waals surface area contributed by atoms with Gasteiger partial charge in [0.15, 0.2) is 23.3 Å². The molecular weight excluding hydrogens is 282 g/mol. The van der Waals surface area contributed by atoms with Gasteiger partial charge < -0.3 is 10.4 Å². The number of amides is 1. The summed E-state index contributed by atoms with van der Waals surface area (Å²) in [4.78, 5) is 22.3. The van der Waals surface area contributed by atoms with Crippen molar-refractivity contribution in [3.05, 3.63) is 34.9 Å². The van der Waals surface area contributed by atoms with Crippen molar-refractivity contribution < 1.29 is 32.3 Å². The summed E-state index contributed by atoms with van der Waals surface area (Å²) < 4.78 is 52.0. The summed E-state index contributed by atoms with van der Waals surface area (Å²) in [5.74, 6) is -11.1. The molecule has 0 radical (unpaired) electrons. The molecule has 2 atom stereocenters. The van der Waals surface area contributed by atoms with E-state index in [2.05, 4.69) is 5.32 Å². The fourth-order valence-corrected chi connectivity index (χ4v) is 1.36. The minimum Gasteiger partial charge on any atom is -0.481 e. The van der Waals surface area contributed by atoms with Crippen molar-refractivity contribution in [2.45, 2.75) is 19.9 Å². The summed E-state index contributed by atoms with van der Waals surface area (Å²) in [6.45, 7) is 2.61. The van der Waals surface area contributed by atoms with Gasteiger partial charge in [-0.2, -0.15) is 0 Å². The van der Waals surface area contributed by atoms with E-state index in [1.807, 2.05) is 0 Å². The van der Waals surface area contributed by atoms with Crippen LogP contribution in [0.4, 0.5) is 17.6 Å². The topological polar surface area (TPSA) is 66.4 Å². The van der Waals surface area contributed by atoms with Crippen LogP contribution in [0.5, 0.6) is 0 Å². The number of aliphatic carboxylic acids is 1. The molecule has 0 spiro atoms. The van der Waals surface area contributed by atoms with Crippen molar-refractivity contribution in [3.63, 3.8) is 0 Å². The van der Waals surface area contributed by atoms with Crippen LogP contribution >= 0.6 is 0 Å². The minimum atomic E-state index is -2.10. The largest absolute Gasteiger partial charge is 0.481 e. The Kier molecular flexibility index (Phi) is 4.69. The van der Waals surface area contributed by atoms with Crippen LogP contribution in [0.25, 0.3) is 0 Å². The lowest BCUT2D eigenvalue weighted by Gasteiger charge is -2.18. The van der Waals surface area contributed by atoms with Crippen LogP contribution in [-0.4, -0.2) is 23.0 Å². The first-order chi connectivity index (χ1) is 9.16. The fourth-order valence-electron chi connectivity index (χ4n) is 1.36. The highest BCUT2D eigenvalue weighted by Gasteiger charge is 2.26. The molecule has 1 aromatic rings. The third-order valence-corrected chi connectivity index (χ3v) is 2.85. The molecule has 0 heterocycles. The summed E-state index contributed by atoms with van der Waals surface area (Å²) in [5.41, 5.74) is -1.04. The van der Waals surface area contributed by atoms with E-state index in [9.17, 15) is 27.2 Å². The van der Waals surface area contributed by atoms with Gasteiger partial charge in [-0.25, -0.2) is 17.6 Å². The molecule has 1 amide bonds. The Bertz CT molecular complexity index is 562. The number of carboxylic acid groups (broad SMARTS) is 1. The number of hydrogen-bond acceptors (Lipinski definition) is 2. The van der Waals surface area contributed by atoms with Gasteiger partial charge in [-0.05, 0) is 19.9 Å². The van der Waals surface area contributed by atoms with Crippen LogP contribution in [-0.2, 0) is 4.79 Å². The number of benzene rings is 1. The number of rotatable bonds is 4. The predicted molar refractivity (Wildman–Crippen MR) is 60.0 cm³/mol. The van der Waals surface area contributed by atoms with Crippen molar-refractivity contribution in [2.75, 3.05) is 0 Å². The molecule has 2 unspecified atom stereocenters. The maximum absolute atomic E-state index is 13.3. The zero-order chi connectivity index (χ0) is 15.6. The van der Waals surface area contributed by atoms with Crippen molar-refractivity contribution in [1.82, 2.24) is 5.32 Å². The average Bonchev–Trinajstić information content (AvgIpc) is 2.39. The van der Waals surface area contributed by atoms with Gasteiger partial charge in [0.1, 0.15) is 0 Å². The second kappa shape index (κ2) is 5.89. The Morgan fingerprint density at radius 1 is 1.10 bits per heavy atom. The molecule has 2 N–H and O–H groups in total. The van der Waals surface area contributed by atoms with Crippen molar-refractivity contribution >= 4 is 11.9 Å². The second-order valence-electron chi connectivity index (χ2n) is 4.24. The highest BCUT2D eigenvalue weighted by Crippen LogP contribution is 2.19. The lowest BCUT2D eigenvalue weighted by Crippen LogP contribution is -2.40. The molecule has 0 fully saturated rings. The van der Waals surface area contributed by atoms with E-state index in [-0.39, 0.29) is 6.07 Å². The quantitative estimate of drug-likeness (QED) is 0.507. The van der Waals surface area contributed by atoms with Gasteiger partial charge in [0.25, 0.3) is 5.91 Å². The van der Waals surface area contributed by atoms with Crippen LogP contribution in [0.1, 0.15) is 24.2 Å². The van der Waals surface area contributed by atoms with Crippen molar-refractivity contribution in [3.8, 4) is 0 Å². The van der Waals surface area contributed by atoms with E-state index in [1.165, 1.54) is 13.8 Å². The molecule has 110 valence electrons. The fraction of sp³-hybridized carbons (Fsp3) is 0.333. The van der Waals surface area contributed by atoms with Gasteiger partial charge in [-0.3, -0.25) is 9.59 Å². The van der Waals surface area contributed by atoms with Gasteiger partial charge in [0.05, 0.1) is 11.5 Å². The number of nitrogens with one attached hydrogen (secondary N) is 1. The van der Waals surface area contributed by atoms with E-state index in [1.54, 1.807) is 0 Å². The first-order valence-corrected chi connectivity index (χ1v) is 5.53. The Hall–Kier alpha value is -2.12. The lowest BCUT2D eigenvalue weighted by atomic mass is 10.0. The smallest absolute Gasteiger partial charge is 0.308 e. The van der Waals surface area contributed by atoms with E-state index < -0.39 is 52.7 Å². The predicted octanol–water partition coefficient (Wildman–Crippen LogP) is 2.08. The molecule has 1 rings (SSSR count). The highest BCUT2D eigenvalue weighted by atomic mass is 19.2. The molecule has 20 heavy (non-hydrogen) atoms. The third kappa shape index (κ3) is 3.06. The maximum atomic E-state index is 13.3. The second-order valence-corrected chi connectivity index (χ2v) is 4.24. The van der Waals surface area contributed by atoms with Gasteiger partial charge >= 0.3 is 5.97 Å². The van der Waals surface area contributed by atoms with E-state index >= 15 is 0 Å². The Balaban J connectivity index is 3.02. The molecule has 0 aliphatic carbocycles. The van der Waals surface area contributed by atoms with E-state index in [0.29, 0.717) is 0 Å². The Morgan fingerprint density at radius 2 is 1.65 bits per heavy atom. The van der Waals surface area contributed by atoms with Crippen LogP contribution < -0.4 is 5.32 Å². The van der Waals surface area contributed by atoms with E-state index in [0.717, 1.165) is 0 Å². The summed E-state index contributed by atoms with van der Waals surface area (Å²) in [6, 6.07) is -0.711. The average molecular weight is 293 g/mol. The Labute approximate surface area is 111 Å². The maximum Gasteiger partial charge on any atom is 0.308 e. The van der Waals surface area contributed by atoms with Crippen molar-refractivity contribution in [2.24, 2.45) is 5.92 Å². The normalized spacial score (nSPS) is 13.7. The zero-order valence-electron chi connectivity index (χ0n) is 10.5. The number of halogens is 4. The SMILES string of the molecule is CC(NC(=O)c1cc(F)c(F)c(F)c1F)C(C)C(=O)O. The summed E-state index contributed by atoms with van der Waals surface area (Å²) in [7, 11) is 0. The first-order valence-electron chi connectivity index (χ1n) is 5.53. The number of carbonyl (C=O) groups excluding carboxylic acids is 1. The van der Waals surface area contributed by atoms with Crippen LogP contribution in [0.3, 0.4) is 0 Å². The number of carboxylic acids is 1. The molecule has 1 aromatic carbocycles. The standard InChI is InChI=1S/C12H11F4NO3/c1-4(12(19)20)5(2)17-11(18)6-3-7(13)9(15)10(16)8(6)14/h3-5H,1-2H3,(H,17,18)(H,19,20). The molecule has 0 aliphatic heterocycles. The first kappa shape index (κ1) is 15.9. The third-order valence-electron chi connectivity index (χ3n) is 2.85. The monoisotopic (exact) mass is 293 g/mol. The van der Waals surface area contributed by atoms with E-state index in [4.69, 9.17) is 5.11 Å². The molecular formula is C12H11F4NO3. The molecule has 8 heteroatoms. The van der Waals surface area contributed by atoms with Crippen molar-refractivity contribution in [1.29, 1.82) is 0 Å². The van der Waals surface area contributed by atoms with Gasteiger partial charge in [0.2, 0.25) is 0 Å². The van der Waals surface area contributed by atoms with Gasteiger partial charge in [-0.15, -0.1) is 0 Å². The summed E-state index contributed by atoms with van der Waals surface area (Å²) >= 11 is 0. The molecule has 0 aromatic heterocycles. The molecule has 0 saturated carbocycles. The summed E-state index contributed by atoms with van der Waals surface area (Å²) in [5, 5.41) is 10.8. The molecule has 0 saturated heterocycles. The van der Waals surface area contributed by atoms with Crippen LogP contribution in [0.2, 0.25) is 0 Å². The minimum absolute atomic E-state index is 0.210. The Morgan fingerprint density at radius 3 is 2.15 bits per heavy atom. The van der Waals surface area contributed by atoms with Gasteiger partial charge in [-0.1, -0.05) is 0 Å². The number of hydrogen-bond donors (Lipinski definition) is 2. The van der Waals surface area contributed by atoms with Crippen LogP contribution in [0, 0.1) is 29.2 Å².